The summed E-state index contributed by atoms with van der Waals surface area (Å²) >= 11 is 0. The van der Waals surface area contributed by atoms with Crippen molar-refractivity contribution < 1.29 is 17.9 Å². The minimum absolute atomic E-state index is 0.227. The number of benzene rings is 1. The smallest absolute Gasteiger partial charge is 0.279 e. The molecule has 0 saturated carbocycles. The summed E-state index contributed by atoms with van der Waals surface area (Å²) in [7, 11) is 1.32. The van der Waals surface area contributed by atoms with E-state index in [1.54, 1.807) is 33.4 Å². The lowest BCUT2D eigenvalue weighted by molar-refractivity contribution is 0.352. The van der Waals surface area contributed by atoms with E-state index in [2.05, 4.69) is 4.72 Å². The highest BCUT2D eigenvalue weighted by molar-refractivity contribution is 7.87. The van der Waals surface area contributed by atoms with Crippen molar-refractivity contribution in [3.05, 3.63) is 23.8 Å². The van der Waals surface area contributed by atoms with E-state index in [4.69, 9.17) is 9.47 Å². The van der Waals surface area contributed by atoms with Gasteiger partial charge >= 0.3 is 0 Å². The average molecular weight is 272 g/mol. The van der Waals surface area contributed by atoms with E-state index >= 15 is 0 Å². The molecule has 2 rings (SSSR count). The number of nitrogens with one attached hydrogen (secondary N) is 1. The third kappa shape index (κ3) is 2.16. The van der Waals surface area contributed by atoms with Gasteiger partial charge in [-0.1, -0.05) is 6.07 Å². The van der Waals surface area contributed by atoms with Crippen molar-refractivity contribution in [2.45, 2.75) is 6.04 Å². The van der Waals surface area contributed by atoms with Gasteiger partial charge in [0.25, 0.3) is 10.2 Å². The van der Waals surface area contributed by atoms with E-state index in [1.807, 2.05) is 6.07 Å². The molecule has 18 heavy (non-hydrogen) atoms. The Bertz CT molecular complexity index is 544. The van der Waals surface area contributed by atoms with E-state index in [0.717, 1.165) is 5.56 Å². The van der Waals surface area contributed by atoms with Crippen molar-refractivity contribution in [1.29, 1.82) is 0 Å². The minimum atomic E-state index is -3.35. The van der Waals surface area contributed by atoms with E-state index in [0.29, 0.717) is 18.0 Å². The Morgan fingerprint density at radius 2 is 1.94 bits per heavy atom. The second-order valence-corrected chi connectivity index (χ2v) is 5.81. The van der Waals surface area contributed by atoms with Gasteiger partial charge in [-0.15, -0.1) is 0 Å². The Morgan fingerprint density at radius 1 is 1.28 bits per heavy atom. The molecule has 0 radical (unpaired) electrons. The molecule has 1 aromatic rings. The molecule has 1 N–H and O–H groups in total. The lowest BCUT2D eigenvalue weighted by atomic mass is 10.1. The van der Waals surface area contributed by atoms with Crippen molar-refractivity contribution in [2.24, 2.45) is 0 Å². The molecule has 0 aliphatic carbocycles. The third-order valence-electron chi connectivity index (χ3n) is 3.07. The summed E-state index contributed by atoms with van der Waals surface area (Å²) in [5, 5.41) is 0. The Balaban J connectivity index is 2.36. The van der Waals surface area contributed by atoms with E-state index in [9.17, 15) is 8.42 Å². The Morgan fingerprint density at radius 3 is 2.44 bits per heavy atom. The molecular weight excluding hydrogens is 256 g/mol. The highest BCUT2D eigenvalue weighted by Crippen LogP contribution is 2.33. The van der Waals surface area contributed by atoms with Gasteiger partial charge in [-0.25, -0.2) is 4.72 Å². The van der Waals surface area contributed by atoms with Crippen LogP contribution in [0.4, 0.5) is 0 Å². The maximum absolute atomic E-state index is 11.6. The number of hydrogen-bond acceptors (Lipinski definition) is 4. The number of hydrogen-bond donors (Lipinski definition) is 1. The standard InChI is InChI=1S/C11H16N2O4S/c1-13-9(7-12-18(13,14)15)8-4-5-10(16-2)11(6-8)17-3/h4-6,9,12H,7H2,1-3H3. The lowest BCUT2D eigenvalue weighted by Crippen LogP contribution is -2.26. The van der Waals surface area contributed by atoms with Crippen LogP contribution in [0.15, 0.2) is 18.2 Å². The van der Waals surface area contributed by atoms with Gasteiger partial charge < -0.3 is 9.47 Å². The predicted molar refractivity (Wildman–Crippen MR) is 67.0 cm³/mol. The van der Waals surface area contributed by atoms with Crippen molar-refractivity contribution in [1.82, 2.24) is 9.03 Å². The van der Waals surface area contributed by atoms with E-state index in [1.165, 1.54) is 4.31 Å². The van der Waals surface area contributed by atoms with Gasteiger partial charge in [0.2, 0.25) is 0 Å². The van der Waals surface area contributed by atoms with Crippen LogP contribution in [0.1, 0.15) is 11.6 Å². The molecule has 100 valence electrons. The van der Waals surface area contributed by atoms with Crippen LogP contribution >= 0.6 is 0 Å². The van der Waals surface area contributed by atoms with Crippen molar-refractivity contribution in [3.8, 4) is 11.5 Å². The van der Waals surface area contributed by atoms with Crippen LogP contribution < -0.4 is 14.2 Å². The van der Waals surface area contributed by atoms with Gasteiger partial charge in [0.05, 0.1) is 20.3 Å². The van der Waals surface area contributed by atoms with Crippen LogP contribution in [-0.2, 0) is 10.2 Å². The largest absolute Gasteiger partial charge is 0.493 e. The van der Waals surface area contributed by atoms with Crippen LogP contribution in [0.3, 0.4) is 0 Å². The van der Waals surface area contributed by atoms with Crippen LogP contribution in [0, 0.1) is 0 Å². The molecule has 1 saturated heterocycles. The SMILES string of the molecule is COc1ccc(C2CNS(=O)(=O)N2C)cc1OC. The highest BCUT2D eigenvalue weighted by atomic mass is 32.2. The number of nitrogens with zero attached hydrogens (tertiary/aromatic N) is 1. The molecule has 1 atom stereocenters. The maximum atomic E-state index is 11.6. The van der Waals surface area contributed by atoms with Gasteiger partial charge in [-0.3, -0.25) is 0 Å². The van der Waals surface area contributed by atoms with E-state index < -0.39 is 10.2 Å². The molecule has 1 aromatic carbocycles. The zero-order valence-electron chi connectivity index (χ0n) is 10.5. The lowest BCUT2D eigenvalue weighted by Gasteiger charge is -2.18. The quantitative estimate of drug-likeness (QED) is 0.871. The van der Waals surface area contributed by atoms with Crippen LogP contribution in [0.25, 0.3) is 0 Å². The van der Waals surface area contributed by atoms with Gasteiger partial charge in [-0.05, 0) is 17.7 Å². The van der Waals surface area contributed by atoms with Gasteiger partial charge in [0.15, 0.2) is 11.5 Å². The molecule has 1 aliphatic rings. The molecule has 0 bridgehead atoms. The molecule has 1 aliphatic heterocycles. The molecule has 7 heteroatoms. The Labute approximate surface area is 107 Å². The molecule has 0 spiro atoms. The summed E-state index contributed by atoms with van der Waals surface area (Å²) in [5.74, 6) is 1.21. The number of methoxy groups -OCH3 is 2. The third-order valence-corrected chi connectivity index (χ3v) is 4.61. The molecule has 1 heterocycles. The molecule has 0 amide bonds. The topological polar surface area (TPSA) is 67.9 Å². The summed E-state index contributed by atoms with van der Waals surface area (Å²) in [5.41, 5.74) is 0.865. The second-order valence-electron chi connectivity index (χ2n) is 4.00. The fraction of sp³-hybridized carbons (Fsp3) is 0.455. The minimum Gasteiger partial charge on any atom is -0.493 e. The summed E-state index contributed by atoms with van der Waals surface area (Å²) in [6.07, 6.45) is 0. The zero-order valence-corrected chi connectivity index (χ0v) is 11.3. The number of likely N-dealkylation sites (N-methyl/N-ethyl adjacent to an activating group) is 1. The second kappa shape index (κ2) is 4.75. The Hall–Kier alpha value is -1.31. The highest BCUT2D eigenvalue weighted by Gasteiger charge is 2.34. The first-order valence-corrected chi connectivity index (χ1v) is 6.88. The zero-order chi connectivity index (χ0) is 13.3. The van der Waals surface area contributed by atoms with Crippen LogP contribution in [-0.4, -0.2) is 40.5 Å². The molecule has 0 aromatic heterocycles. The number of ether oxygens (including phenoxy) is 2. The normalized spacial score (nSPS) is 22.9. The molecule has 6 nitrogen and oxygen atoms in total. The fourth-order valence-corrected chi connectivity index (χ4v) is 3.07. The van der Waals surface area contributed by atoms with Gasteiger partial charge in [0, 0.05) is 13.6 Å². The average Bonchev–Trinajstić information content (AvgIpc) is 2.64. The van der Waals surface area contributed by atoms with Crippen molar-refractivity contribution >= 4 is 10.2 Å². The fourth-order valence-electron chi connectivity index (χ4n) is 1.97. The number of rotatable bonds is 3. The van der Waals surface area contributed by atoms with E-state index in [-0.39, 0.29) is 6.04 Å². The molecule has 1 unspecified atom stereocenters. The first-order chi connectivity index (χ1) is 8.49. The predicted octanol–water partition coefficient (Wildman–Crippen LogP) is 0.525. The monoisotopic (exact) mass is 272 g/mol. The first-order valence-electron chi connectivity index (χ1n) is 5.44. The molecular formula is C11H16N2O4S. The summed E-state index contributed by atoms with van der Waals surface area (Å²) < 4.78 is 37.3. The van der Waals surface area contributed by atoms with Gasteiger partial charge in [0.1, 0.15) is 0 Å². The van der Waals surface area contributed by atoms with Crippen LogP contribution in [0.5, 0.6) is 11.5 Å². The summed E-state index contributed by atoms with van der Waals surface area (Å²) in [4.78, 5) is 0. The van der Waals surface area contributed by atoms with Gasteiger partial charge in [-0.2, -0.15) is 12.7 Å². The first kappa shape index (κ1) is 13.1. The molecule has 1 fully saturated rings. The van der Waals surface area contributed by atoms with Crippen molar-refractivity contribution in [3.63, 3.8) is 0 Å². The Kier molecular flexibility index (Phi) is 3.47. The summed E-state index contributed by atoms with van der Waals surface area (Å²) in [6, 6.07) is 5.18. The van der Waals surface area contributed by atoms with Crippen LogP contribution in [0.2, 0.25) is 0 Å². The van der Waals surface area contributed by atoms with Crippen molar-refractivity contribution in [2.75, 3.05) is 27.8 Å². The maximum Gasteiger partial charge on any atom is 0.279 e. The summed E-state index contributed by atoms with van der Waals surface area (Å²) in [6.45, 7) is 0.355.